The van der Waals surface area contributed by atoms with Crippen molar-refractivity contribution in [1.82, 2.24) is 4.98 Å². The molecule has 1 aromatic heterocycles. The van der Waals surface area contributed by atoms with Crippen LogP contribution in [0.25, 0.3) is 0 Å². The van der Waals surface area contributed by atoms with Crippen molar-refractivity contribution in [1.29, 1.82) is 0 Å². The standard InChI is InChI=1S/C15H24N2O2/c1-2-13-9-12(11-19)10-15(16-13)17(7-8-18)14-5-3-4-6-14/h9-10,14,18-19H,2-8,11H2,1H3. The number of anilines is 1. The molecule has 0 saturated heterocycles. The average Bonchev–Trinajstić information content (AvgIpc) is 2.97. The van der Waals surface area contributed by atoms with Crippen LogP contribution in [0.5, 0.6) is 0 Å². The van der Waals surface area contributed by atoms with Gasteiger partial charge in [0, 0.05) is 18.3 Å². The number of aromatic nitrogens is 1. The third-order valence-electron chi connectivity index (χ3n) is 3.87. The Morgan fingerprint density at radius 3 is 2.58 bits per heavy atom. The highest BCUT2D eigenvalue weighted by Gasteiger charge is 2.23. The topological polar surface area (TPSA) is 56.6 Å². The fourth-order valence-corrected chi connectivity index (χ4v) is 2.86. The van der Waals surface area contributed by atoms with Crippen LogP contribution in [0.3, 0.4) is 0 Å². The van der Waals surface area contributed by atoms with E-state index in [1.165, 1.54) is 25.7 Å². The lowest BCUT2D eigenvalue weighted by atomic mass is 10.1. The molecule has 4 heteroatoms. The molecular formula is C15H24N2O2. The fraction of sp³-hybridized carbons (Fsp3) is 0.667. The minimum atomic E-state index is 0.0418. The van der Waals surface area contributed by atoms with Gasteiger partial charge in [-0.3, -0.25) is 0 Å². The summed E-state index contributed by atoms with van der Waals surface area (Å²) in [7, 11) is 0. The Labute approximate surface area is 115 Å². The molecule has 0 radical (unpaired) electrons. The van der Waals surface area contributed by atoms with E-state index in [-0.39, 0.29) is 13.2 Å². The first kappa shape index (κ1) is 14.3. The molecule has 0 unspecified atom stereocenters. The van der Waals surface area contributed by atoms with Crippen molar-refractivity contribution in [2.75, 3.05) is 18.1 Å². The molecule has 0 amide bonds. The number of aliphatic hydroxyl groups is 2. The molecule has 106 valence electrons. The molecule has 1 heterocycles. The number of hydrogen-bond acceptors (Lipinski definition) is 4. The SMILES string of the molecule is CCc1cc(CO)cc(N(CCO)C2CCCC2)n1. The molecule has 1 saturated carbocycles. The molecule has 0 spiro atoms. The molecule has 1 aromatic rings. The Kier molecular flexibility index (Phi) is 5.16. The van der Waals surface area contributed by atoms with Gasteiger partial charge in [0.1, 0.15) is 5.82 Å². The average molecular weight is 264 g/mol. The maximum absolute atomic E-state index is 9.36. The maximum Gasteiger partial charge on any atom is 0.129 e. The summed E-state index contributed by atoms with van der Waals surface area (Å²) in [6, 6.07) is 4.39. The van der Waals surface area contributed by atoms with Gasteiger partial charge < -0.3 is 15.1 Å². The smallest absolute Gasteiger partial charge is 0.129 e. The Hall–Kier alpha value is -1.13. The van der Waals surface area contributed by atoms with Gasteiger partial charge in [-0.25, -0.2) is 4.98 Å². The maximum atomic E-state index is 9.36. The van der Waals surface area contributed by atoms with Gasteiger partial charge in [-0.05, 0) is 37.0 Å². The predicted molar refractivity (Wildman–Crippen MR) is 76.2 cm³/mol. The van der Waals surface area contributed by atoms with Gasteiger partial charge >= 0.3 is 0 Å². The van der Waals surface area contributed by atoms with E-state index >= 15 is 0 Å². The summed E-state index contributed by atoms with van der Waals surface area (Å²) >= 11 is 0. The zero-order valence-electron chi connectivity index (χ0n) is 11.7. The van der Waals surface area contributed by atoms with Crippen molar-refractivity contribution < 1.29 is 10.2 Å². The van der Waals surface area contributed by atoms with Crippen molar-refractivity contribution in [2.45, 2.75) is 51.7 Å². The molecule has 0 aromatic carbocycles. The van der Waals surface area contributed by atoms with E-state index < -0.39 is 0 Å². The van der Waals surface area contributed by atoms with Crippen LogP contribution >= 0.6 is 0 Å². The number of aryl methyl sites for hydroxylation is 1. The van der Waals surface area contributed by atoms with E-state index in [1.54, 1.807) is 0 Å². The van der Waals surface area contributed by atoms with Gasteiger partial charge in [-0.1, -0.05) is 19.8 Å². The summed E-state index contributed by atoms with van der Waals surface area (Å²) in [6.45, 7) is 2.87. The number of rotatable bonds is 6. The molecule has 4 nitrogen and oxygen atoms in total. The summed E-state index contributed by atoms with van der Waals surface area (Å²) < 4.78 is 0. The molecule has 0 bridgehead atoms. The molecule has 19 heavy (non-hydrogen) atoms. The second-order valence-electron chi connectivity index (χ2n) is 5.19. The molecule has 2 rings (SSSR count). The van der Waals surface area contributed by atoms with E-state index in [0.717, 1.165) is 23.5 Å². The van der Waals surface area contributed by atoms with E-state index in [4.69, 9.17) is 0 Å². The Morgan fingerprint density at radius 1 is 1.26 bits per heavy atom. The van der Waals surface area contributed by atoms with Crippen LogP contribution in [0.2, 0.25) is 0 Å². The molecule has 1 fully saturated rings. The van der Waals surface area contributed by atoms with E-state index in [2.05, 4.69) is 16.8 Å². The number of nitrogens with zero attached hydrogens (tertiary/aromatic N) is 2. The van der Waals surface area contributed by atoms with Crippen molar-refractivity contribution in [3.05, 3.63) is 23.4 Å². The lowest BCUT2D eigenvalue weighted by Gasteiger charge is -2.30. The van der Waals surface area contributed by atoms with Gasteiger partial charge in [-0.15, -0.1) is 0 Å². The second kappa shape index (κ2) is 6.87. The number of hydrogen-bond donors (Lipinski definition) is 2. The lowest BCUT2D eigenvalue weighted by Crippen LogP contribution is -2.36. The summed E-state index contributed by atoms with van der Waals surface area (Å²) in [4.78, 5) is 6.88. The highest BCUT2D eigenvalue weighted by Crippen LogP contribution is 2.27. The van der Waals surface area contributed by atoms with Gasteiger partial charge in [0.05, 0.1) is 13.2 Å². The highest BCUT2D eigenvalue weighted by atomic mass is 16.3. The highest BCUT2D eigenvalue weighted by molar-refractivity contribution is 5.44. The minimum Gasteiger partial charge on any atom is -0.395 e. The number of pyridine rings is 1. The Bertz CT molecular complexity index is 381. The molecular weight excluding hydrogens is 240 g/mol. The molecule has 2 N–H and O–H groups in total. The predicted octanol–water partition coefficient (Wildman–Crippen LogP) is 1.88. The normalized spacial score (nSPS) is 15.9. The van der Waals surface area contributed by atoms with Crippen molar-refractivity contribution in [3.63, 3.8) is 0 Å². The van der Waals surface area contributed by atoms with E-state index in [0.29, 0.717) is 12.6 Å². The first-order valence-corrected chi connectivity index (χ1v) is 7.26. The van der Waals surface area contributed by atoms with Crippen molar-refractivity contribution >= 4 is 5.82 Å². The van der Waals surface area contributed by atoms with Crippen molar-refractivity contribution in [2.24, 2.45) is 0 Å². The van der Waals surface area contributed by atoms with Gasteiger partial charge in [0.15, 0.2) is 0 Å². The number of aliphatic hydroxyl groups excluding tert-OH is 2. The second-order valence-corrected chi connectivity index (χ2v) is 5.19. The quantitative estimate of drug-likeness (QED) is 0.823. The Morgan fingerprint density at radius 2 is 2.00 bits per heavy atom. The van der Waals surface area contributed by atoms with Gasteiger partial charge in [-0.2, -0.15) is 0 Å². The first-order chi connectivity index (χ1) is 9.28. The minimum absolute atomic E-state index is 0.0418. The van der Waals surface area contributed by atoms with E-state index in [1.807, 2.05) is 12.1 Å². The third kappa shape index (κ3) is 3.45. The monoisotopic (exact) mass is 264 g/mol. The summed E-state index contributed by atoms with van der Waals surface area (Å²) in [6.07, 6.45) is 5.72. The largest absolute Gasteiger partial charge is 0.395 e. The van der Waals surface area contributed by atoms with Gasteiger partial charge in [0.25, 0.3) is 0 Å². The first-order valence-electron chi connectivity index (χ1n) is 7.26. The molecule has 1 aliphatic carbocycles. The zero-order chi connectivity index (χ0) is 13.7. The summed E-state index contributed by atoms with van der Waals surface area (Å²) in [5, 5.41) is 18.7. The van der Waals surface area contributed by atoms with Crippen LogP contribution < -0.4 is 4.90 Å². The molecule has 0 aliphatic heterocycles. The van der Waals surface area contributed by atoms with Crippen LogP contribution in [0, 0.1) is 0 Å². The molecule has 0 atom stereocenters. The van der Waals surface area contributed by atoms with Crippen LogP contribution in [-0.4, -0.2) is 34.4 Å². The summed E-state index contributed by atoms with van der Waals surface area (Å²) in [5.41, 5.74) is 1.91. The van der Waals surface area contributed by atoms with Crippen LogP contribution in [0.4, 0.5) is 5.82 Å². The lowest BCUT2D eigenvalue weighted by molar-refractivity contribution is 0.281. The Balaban J connectivity index is 2.28. The van der Waals surface area contributed by atoms with Gasteiger partial charge in [0.2, 0.25) is 0 Å². The zero-order valence-corrected chi connectivity index (χ0v) is 11.7. The summed E-state index contributed by atoms with van der Waals surface area (Å²) in [5.74, 6) is 0.907. The van der Waals surface area contributed by atoms with E-state index in [9.17, 15) is 10.2 Å². The third-order valence-corrected chi connectivity index (χ3v) is 3.87. The van der Waals surface area contributed by atoms with Crippen LogP contribution in [-0.2, 0) is 13.0 Å². The van der Waals surface area contributed by atoms with Crippen LogP contribution in [0.15, 0.2) is 12.1 Å². The fourth-order valence-electron chi connectivity index (χ4n) is 2.86. The van der Waals surface area contributed by atoms with Crippen molar-refractivity contribution in [3.8, 4) is 0 Å². The molecule has 1 aliphatic rings. The van der Waals surface area contributed by atoms with Crippen LogP contribution in [0.1, 0.15) is 43.9 Å².